The molecule has 0 unspecified atom stereocenters. The molecule has 5 heteroatoms. The van der Waals surface area contributed by atoms with Crippen molar-refractivity contribution in [1.29, 1.82) is 0 Å². The summed E-state index contributed by atoms with van der Waals surface area (Å²) in [4.78, 5) is 15.4. The van der Waals surface area contributed by atoms with Gasteiger partial charge in [-0.3, -0.25) is 4.79 Å². The first-order valence-corrected chi connectivity index (χ1v) is 6.55. The average Bonchev–Trinajstić information content (AvgIpc) is 2.90. The summed E-state index contributed by atoms with van der Waals surface area (Å²) < 4.78 is 7.24. The van der Waals surface area contributed by atoms with E-state index in [0.29, 0.717) is 12.1 Å². The molecule has 3 rings (SSSR count). The van der Waals surface area contributed by atoms with Crippen LogP contribution in [-0.4, -0.2) is 22.6 Å². The Bertz CT molecular complexity index is 791. The Morgan fingerprint density at radius 3 is 2.67 bits per heavy atom. The molecule has 5 nitrogen and oxygen atoms in total. The van der Waals surface area contributed by atoms with Gasteiger partial charge in [0.25, 0.3) is 0 Å². The predicted octanol–water partition coefficient (Wildman–Crippen LogP) is 2.19. The van der Waals surface area contributed by atoms with E-state index < -0.39 is 5.91 Å². The average molecular weight is 281 g/mol. The molecule has 1 aromatic heterocycles. The van der Waals surface area contributed by atoms with Crippen molar-refractivity contribution >= 4 is 16.9 Å². The summed E-state index contributed by atoms with van der Waals surface area (Å²) in [5, 5.41) is 0. The molecule has 1 amide bonds. The summed E-state index contributed by atoms with van der Waals surface area (Å²) in [6.45, 7) is 0.682. The SMILES string of the molecule is COc1ccc2c(c1)ncn2Cc1ccc(C(N)=O)cc1. The Hall–Kier alpha value is -2.82. The van der Waals surface area contributed by atoms with Crippen LogP contribution in [0.2, 0.25) is 0 Å². The van der Waals surface area contributed by atoms with Crippen LogP contribution < -0.4 is 10.5 Å². The number of nitrogens with two attached hydrogens (primary N) is 1. The summed E-state index contributed by atoms with van der Waals surface area (Å²) in [5.41, 5.74) is 8.76. The van der Waals surface area contributed by atoms with Crippen molar-refractivity contribution in [3.8, 4) is 5.75 Å². The van der Waals surface area contributed by atoms with Gasteiger partial charge in [0.1, 0.15) is 5.75 Å². The predicted molar refractivity (Wildman–Crippen MR) is 80.3 cm³/mol. The normalized spacial score (nSPS) is 10.7. The lowest BCUT2D eigenvalue weighted by Crippen LogP contribution is -2.10. The number of carbonyl (C=O) groups excluding carboxylic acids is 1. The largest absolute Gasteiger partial charge is 0.497 e. The second-order valence-corrected chi connectivity index (χ2v) is 4.79. The third kappa shape index (κ3) is 2.58. The first-order chi connectivity index (χ1) is 10.2. The Balaban J connectivity index is 1.89. The number of fused-ring (bicyclic) bond motifs is 1. The van der Waals surface area contributed by atoms with Crippen molar-refractivity contribution in [1.82, 2.24) is 9.55 Å². The molecule has 106 valence electrons. The zero-order valence-corrected chi connectivity index (χ0v) is 11.6. The molecule has 0 saturated heterocycles. The monoisotopic (exact) mass is 281 g/mol. The molecule has 0 aliphatic rings. The quantitative estimate of drug-likeness (QED) is 0.797. The van der Waals surface area contributed by atoms with Crippen LogP contribution in [0.15, 0.2) is 48.8 Å². The number of hydrogen-bond donors (Lipinski definition) is 1. The van der Waals surface area contributed by atoms with E-state index in [-0.39, 0.29) is 0 Å². The molecular weight excluding hydrogens is 266 g/mol. The molecule has 0 aliphatic carbocycles. The summed E-state index contributed by atoms with van der Waals surface area (Å²) in [7, 11) is 1.64. The lowest BCUT2D eigenvalue weighted by Gasteiger charge is -2.06. The first kappa shape index (κ1) is 13.2. The molecule has 1 heterocycles. The van der Waals surface area contributed by atoms with E-state index in [4.69, 9.17) is 10.5 Å². The number of carbonyl (C=O) groups is 1. The Morgan fingerprint density at radius 2 is 2.00 bits per heavy atom. The number of ether oxygens (including phenoxy) is 1. The van der Waals surface area contributed by atoms with Gasteiger partial charge in [0.15, 0.2) is 0 Å². The molecular formula is C16H15N3O2. The number of primary amides is 1. The van der Waals surface area contributed by atoms with E-state index in [1.54, 1.807) is 25.6 Å². The third-order valence-corrected chi connectivity index (χ3v) is 3.42. The highest BCUT2D eigenvalue weighted by Gasteiger charge is 2.05. The molecule has 2 N–H and O–H groups in total. The Kier molecular flexibility index (Phi) is 3.31. The van der Waals surface area contributed by atoms with Crippen LogP contribution in [0.1, 0.15) is 15.9 Å². The van der Waals surface area contributed by atoms with Gasteiger partial charge in [-0.25, -0.2) is 4.98 Å². The maximum absolute atomic E-state index is 11.1. The zero-order valence-electron chi connectivity index (χ0n) is 11.6. The van der Waals surface area contributed by atoms with E-state index in [2.05, 4.69) is 4.98 Å². The van der Waals surface area contributed by atoms with E-state index >= 15 is 0 Å². The lowest BCUT2D eigenvalue weighted by atomic mass is 10.1. The molecule has 0 atom stereocenters. The maximum atomic E-state index is 11.1. The number of imidazole rings is 1. The van der Waals surface area contributed by atoms with Crippen LogP contribution >= 0.6 is 0 Å². The molecule has 2 aromatic carbocycles. The summed E-state index contributed by atoms with van der Waals surface area (Å²) in [6, 6.07) is 13.1. The van der Waals surface area contributed by atoms with Crippen LogP contribution in [0.25, 0.3) is 11.0 Å². The zero-order chi connectivity index (χ0) is 14.8. The number of hydrogen-bond acceptors (Lipinski definition) is 3. The van der Waals surface area contributed by atoms with Crippen LogP contribution in [-0.2, 0) is 6.54 Å². The number of nitrogens with zero attached hydrogens (tertiary/aromatic N) is 2. The summed E-state index contributed by atoms with van der Waals surface area (Å²) in [6.07, 6.45) is 1.80. The van der Waals surface area contributed by atoms with Crippen LogP contribution in [0.3, 0.4) is 0 Å². The van der Waals surface area contributed by atoms with Gasteiger partial charge in [-0.05, 0) is 29.8 Å². The maximum Gasteiger partial charge on any atom is 0.248 e. The summed E-state index contributed by atoms with van der Waals surface area (Å²) >= 11 is 0. The molecule has 0 bridgehead atoms. The van der Waals surface area contributed by atoms with Crippen molar-refractivity contribution in [2.45, 2.75) is 6.54 Å². The molecule has 0 fully saturated rings. The number of benzene rings is 2. The van der Waals surface area contributed by atoms with Crippen molar-refractivity contribution in [3.63, 3.8) is 0 Å². The van der Waals surface area contributed by atoms with Crippen molar-refractivity contribution in [2.24, 2.45) is 5.73 Å². The molecule has 0 spiro atoms. The Morgan fingerprint density at radius 1 is 1.24 bits per heavy atom. The fourth-order valence-electron chi connectivity index (χ4n) is 2.27. The summed E-state index contributed by atoms with van der Waals surface area (Å²) in [5.74, 6) is 0.375. The highest BCUT2D eigenvalue weighted by Crippen LogP contribution is 2.20. The topological polar surface area (TPSA) is 70.1 Å². The highest BCUT2D eigenvalue weighted by atomic mass is 16.5. The Labute approximate surface area is 122 Å². The van der Waals surface area contributed by atoms with Crippen molar-refractivity contribution < 1.29 is 9.53 Å². The number of methoxy groups -OCH3 is 1. The van der Waals surface area contributed by atoms with Crippen molar-refractivity contribution in [2.75, 3.05) is 7.11 Å². The minimum Gasteiger partial charge on any atom is -0.497 e. The molecule has 21 heavy (non-hydrogen) atoms. The molecule has 0 aliphatic heterocycles. The molecule has 0 saturated carbocycles. The van der Waals surface area contributed by atoms with E-state index in [0.717, 1.165) is 22.3 Å². The molecule has 0 radical (unpaired) electrons. The second kappa shape index (κ2) is 5.28. The van der Waals surface area contributed by atoms with E-state index in [1.807, 2.05) is 34.9 Å². The van der Waals surface area contributed by atoms with Crippen molar-refractivity contribution in [3.05, 3.63) is 59.9 Å². The van der Waals surface area contributed by atoms with Gasteiger partial charge in [0, 0.05) is 18.2 Å². The lowest BCUT2D eigenvalue weighted by molar-refractivity contribution is 0.100. The fourth-order valence-corrected chi connectivity index (χ4v) is 2.27. The number of amides is 1. The van der Waals surface area contributed by atoms with Gasteiger partial charge in [-0.2, -0.15) is 0 Å². The first-order valence-electron chi connectivity index (χ1n) is 6.55. The highest BCUT2D eigenvalue weighted by molar-refractivity contribution is 5.92. The smallest absolute Gasteiger partial charge is 0.248 e. The van der Waals surface area contributed by atoms with Crippen LogP contribution in [0, 0.1) is 0 Å². The number of rotatable bonds is 4. The fraction of sp³-hybridized carbons (Fsp3) is 0.125. The number of aromatic nitrogens is 2. The van der Waals surface area contributed by atoms with Gasteiger partial charge in [-0.1, -0.05) is 12.1 Å². The van der Waals surface area contributed by atoms with Gasteiger partial charge in [0.2, 0.25) is 5.91 Å². The van der Waals surface area contributed by atoms with Gasteiger partial charge >= 0.3 is 0 Å². The second-order valence-electron chi connectivity index (χ2n) is 4.79. The molecule has 3 aromatic rings. The standard InChI is InChI=1S/C16H15N3O2/c1-21-13-6-7-15-14(8-13)18-10-19(15)9-11-2-4-12(5-3-11)16(17)20/h2-8,10H,9H2,1H3,(H2,17,20). The van der Waals surface area contributed by atoms with Gasteiger partial charge < -0.3 is 15.0 Å². The van der Waals surface area contributed by atoms with Crippen LogP contribution in [0.4, 0.5) is 0 Å². The van der Waals surface area contributed by atoms with E-state index in [1.165, 1.54) is 0 Å². The minimum absolute atomic E-state index is 0.415. The van der Waals surface area contributed by atoms with Gasteiger partial charge in [0.05, 0.1) is 24.5 Å². The van der Waals surface area contributed by atoms with Crippen LogP contribution in [0.5, 0.6) is 5.75 Å². The minimum atomic E-state index is -0.415. The van der Waals surface area contributed by atoms with Gasteiger partial charge in [-0.15, -0.1) is 0 Å². The van der Waals surface area contributed by atoms with E-state index in [9.17, 15) is 4.79 Å². The third-order valence-electron chi connectivity index (χ3n) is 3.42.